The second-order valence-electron chi connectivity index (χ2n) is 4.72. The standard InChI is InChI=1S/2C5H10O3.2Ca.2H/c2*1-5(2,8)3-4(6)7;;;;/h2*8H,3H2,1-2H3,(H,6,7);;;;/q;;;+2;;/p-2. The topological polar surface area (TPSA) is 121 Å². The molecule has 6 nitrogen and oxygen atoms in total. The van der Waals surface area contributed by atoms with Crippen LogP contribution in [0.4, 0.5) is 0 Å². The summed E-state index contributed by atoms with van der Waals surface area (Å²) in [5, 5.41) is 37.0. The molecule has 0 rings (SSSR count). The fraction of sp³-hybridized carbons (Fsp3) is 0.800. The Labute approximate surface area is 167 Å². The van der Waals surface area contributed by atoms with Gasteiger partial charge in [-0.05, 0) is 27.7 Å². The normalized spacial score (nSPS) is 10.1. The van der Waals surface area contributed by atoms with Gasteiger partial charge in [0.05, 0.1) is 11.2 Å². The van der Waals surface area contributed by atoms with Crippen molar-refractivity contribution in [3.63, 3.8) is 0 Å². The molecule has 0 unspecified atom stereocenters. The van der Waals surface area contributed by atoms with Crippen LogP contribution in [0.1, 0.15) is 40.5 Å². The zero-order chi connectivity index (χ0) is 13.6. The Morgan fingerprint density at radius 2 is 1.06 bits per heavy atom. The molecule has 0 amide bonds. The van der Waals surface area contributed by atoms with E-state index in [0.29, 0.717) is 0 Å². The molecule has 0 aromatic carbocycles. The Morgan fingerprint density at radius 1 is 0.889 bits per heavy atom. The average molecular weight is 316 g/mol. The molecule has 100 valence electrons. The van der Waals surface area contributed by atoms with Crippen molar-refractivity contribution < 1.29 is 30.0 Å². The van der Waals surface area contributed by atoms with Gasteiger partial charge in [0.25, 0.3) is 0 Å². The molecule has 0 radical (unpaired) electrons. The Hall–Kier alpha value is 1.38. The molecule has 18 heavy (non-hydrogen) atoms. The second kappa shape index (κ2) is 12.1. The van der Waals surface area contributed by atoms with Crippen molar-refractivity contribution in [2.75, 3.05) is 0 Å². The monoisotopic (exact) mass is 316 g/mol. The first-order valence-corrected chi connectivity index (χ1v) is 4.68. The zero-order valence-electron chi connectivity index (χ0n) is 10.6. The van der Waals surface area contributed by atoms with Gasteiger partial charge in [-0.3, -0.25) is 0 Å². The Morgan fingerprint density at radius 3 is 1.06 bits per heavy atom. The Kier molecular flexibility index (Phi) is 18.7. The fourth-order valence-corrected chi connectivity index (χ4v) is 0.706. The van der Waals surface area contributed by atoms with Crippen LogP contribution in [0, 0.1) is 0 Å². The summed E-state index contributed by atoms with van der Waals surface area (Å²) in [6.07, 6.45) is -0.625. The maximum absolute atomic E-state index is 9.74. The molecule has 0 spiro atoms. The first-order valence-electron chi connectivity index (χ1n) is 4.68. The summed E-state index contributed by atoms with van der Waals surface area (Å²) in [7, 11) is 0. The summed E-state index contributed by atoms with van der Waals surface area (Å²) in [6, 6.07) is 0. The summed E-state index contributed by atoms with van der Waals surface area (Å²) < 4.78 is 0. The van der Waals surface area contributed by atoms with Gasteiger partial charge in [-0.25, -0.2) is 0 Å². The summed E-state index contributed by atoms with van der Waals surface area (Å²) in [5.41, 5.74) is -2.28. The Balaban J connectivity index is -0.0000000980. The number of aliphatic carboxylic acids is 2. The molecular formula is C10H20Ca2O6. The van der Waals surface area contributed by atoms with Gasteiger partial charge in [0, 0.05) is 24.8 Å². The molecule has 0 saturated heterocycles. The summed E-state index contributed by atoms with van der Waals surface area (Å²) >= 11 is 0. The zero-order valence-corrected chi connectivity index (χ0v) is 12.9. The third kappa shape index (κ3) is 36.0. The molecular weight excluding hydrogens is 296 g/mol. The van der Waals surface area contributed by atoms with Crippen LogP contribution in [0.3, 0.4) is 0 Å². The minimum absolute atomic E-state index is 0. The molecule has 0 fully saturated rings. The number of aliphatic hydroxyl groups is 2. The van der Waals surface area contributed by atoms with Crippen LogP contribution in [0.5, 0.6) is 0 Å². The van der Waals surface area contributed by atoms with Crippen molar-refractivity contribution in [3.05, 3.63) is 0 Å². The predicted octanol–water partition coefficient (Wildman–Crippen LogP) is -3.50. The quantitative estimate of drug-likeness (QED) is 0.519. The first-order chi connectivity index (χ1) is 6.83. The van der Waals surface area contributed by atoms with Gasteiger partial charge in [0.15, 0.2) is 0 Å². The van der Waals surface area contributed by atoms with E-state index in [4.69, 9.17) is 10.2 Å². The molecule has 0 aromatic rings. The van der Waals surface area contributed by atoms with Crippen LogP contribution in [0.25, 0.3) is 0 Å². The van der Waals surface area contributed by atoms with E-state index in [9.17, 15) is 19.8 Å². The van der Waals surface area contributed by atoms with Crippen molar-refractivity contribution in [1.82, 2.24) is 0 Å². The molecule has 0 aromatic heterocycles. The van der Waals surface area contributed by atoms with Crippen LogP contribution in [-0.4, -0.2) is 109 Å². The van der Waals surface area contributed by atoms with Gasteiger partial charge in [0.1, 0.15) is 0 Å². The molecule has 0 bridgehead atoms. The van der Waals surface area contributed by atoms with Gasteiger partial charge < -0.3 is 30.0 Å². The van der Waals surface area contributed by atoms with Crippen molar-refractivity contribution in [1.29, 1.82) is 0 Å². The molecule has 0 aliphatic heterocycles. The number of hydrogen-bond acceptors (Lipinski definition) is 6. The van der Waals surface area contributed by atoms with E-state index < -0.39 is 23.1 Å². The van der Waals surface area contributed by atoms with Crippen LogP contribution in [0.2, 0.25) is 0 Å². The summed E-state index contributed by atoms with van der Waals surface area (Å²) in [4.78, 5) is 19.5. The molecule has 8 heteroatoms. The molecule has 0 aliphatic carbocycles. The number of hydrogen-bond donors (Lipinski definition) is 2. The minimum atomic E-state index is -1.22. The third-order valence-corrected chi connectivity index (χ3v) is 1.15. The van der Waals surface area contributed by atoms with E-state index in [1.165, 1.54) is 27.7 Å². The molecule has 2 N–H and O–H groups in total. The van der Waals surface area contributed by atoms with Crippen molar-refractivity contribution in [2.45, 2.75) is 51.7 Å². The van der Waals surface area contributed by atoms with E-state index in [0.717, 1.165) is 0 Å². The van der Waals surface area contributed by atoms with Crippen LogP contribution in [-0.2, 0) is 9.59 Å². The van der Waals surface area contributed by atoms with Gasteiger partial charge in [-0.15, -0.1) is 0 Å². The summed E-state index contributed by atoms with van der Waals surface area (Å²) in [5.74, 6) is -2.45. The third-order valence-electron chi connectivity index (χ3n) is 1.15. The number of carboxylic acids is 2. The van der Waals surface area contributed by atoms with Gasteiger partial charge in [0.2, 0.25) is 0 Å². The van der Waals surface area contributed by atoms with Crippen LogP contribution < -0.4 is 10.2 Å². The molecule has 0 aliphatic rings. The van der Waals surface area contributed by atoms with Gasteiger partial charge in [-0.1, -0.05) is 0 Å². The van der Waals surface area contributed by atoms with Crippen molar-refractivity contribution in [2.24, 2.45) is 0 Å². The SMILES string of the molecule is CC(C)(O)CC(=O)[O-].CC(C)(O)CC(=O)[O-].[Ca+2].[CaH2]. The second-order valence-corrected chi connectivity index (χ2v) is 4.72. The molecule has 0 heterocycles. The fourth-order valence-electron chi connectivity index (χ4n) is 0.706. The van der Waals surface area contributed by atoms with Crippen molar-refractivity contribution in [3.8, 4) is 0 Å². The van der Waals surface area contributed by atoms with E-state index in [-0.39, 0.29) is 88.3 Å². The van der Waals surface area contributed by atoms with E-state index in [1.807, 2.05) is 0 Å². The van der Waals surface area contributed by atoms with Gasteiger partial charge >= 0.3 is 75.5 Å². The average Bonchev–Trinajstić information content (AvgIpc) is 1.72. The van der Waals surface area contributed by atoms with Crippen LogP contribution in [0.15, 0.2) is 0 Å². The first kappa shape index (κ1) is 27.7. The summed E-state index contributed by atoms with van der Waals surface area (Å²) in [6.45, 7) is 5.68. The molecule has 0 saturated carbocycles. The van der Waals surface area contributed by atoms with E-state index in [2.05, 4.69) is 0 Å². The van der Waals surface area contributed by atoms with Gasteiger partial charge in [-0.2, -0.15) is 0 Å². The number of carbonyl (C=O) groups is 2. The number of rotatable bonds is 4. The van der Waals surface area contributed by atoms with Crippen molar-refractivity contribution >= 4 is 87.4 Å². The van der Waals surface area contributed by atoms with Crippen LogP contribution >= 0.6 is 0 Å². The Bertz CT molecular complexity index is 216. The predicted molar refractivity (Wildman–Crippen MR) is 66.1 cm³/mol. The van der Waals surface area contributed by atoms with E-state index in [1.54, 1.807) is 0 Å². The number of carbonyl (C=O) groups excluding carboxylic acids is 2. The molecule has 0 atom stereocenters. The number of carboxylic acid groups (broad SMARTS) is 2. The van der Waals surface area contributed by atoms with E-state index >= 15 is 0 Å². The maximum atomic E-state index is 9.74.